The second-order valence-corrected chi connectivity index (χ2v) is 9.29. The minimum absolute atomic E-state index is 0.122. The number of hydrogen-bond donors (Lipinski definition) is 0. The Hall–Kier alpha value is -3.31. The lowest BCUT2D eigenvalue weighted by atomic mass is 9.90. The Bertz CT molecular complexity index is 1250. The van der Waals surface area contributed by atoms with E-state index < -0.39 is 11.6 Å². The summed E-state index contributed by atoms with van der Waals surface area (Å²) in [7, 11) is 0. The van der Waals surface area contributed by atoms with Gasteiger partial charge in [-0.05, 0) is 72.6 Å². The second kappa shape index (κ2) is 12.8. The lowest BCUT2D eigenvalue weighted by molar-refractivity contribution is 0.0466. The molecule has 0 saturated heterocycles. The molecule has 0 aliphatic heterocycles. The second-order valence-electron chi connectivity index (χ2n) is 9.29. The quantitative estimate of drug-likeness (QED) is 0.191. The van der Waals surface area contributed by atoms with Gasteiger partial charge in [-0.3, -0.25) is 0 Å². The van der Waals surface area contributed by atoms with Crippen molar-refractivity contribution in [3.05, 3.63) is 96.3 Å². The highest BCUT2D eigenvalue weighted by atomic mass is 19.2. The van der Waals surface area contributed by atoms with E-state index in [2.05, 4.69) is 19.6 Å². The van der Waals surface area contributed by atoms with Crippen LogP contribution in [0, 0.1) is 17.5 Å². The molecule has 0 aromatic heterocycles. The van der Waals surface area contributed by atoms with Crippen molar-refractivity contribution < 1.29 is 22.6 Å². The number of halogens is 3. The summed E-state index contributed by atoms with van der Waals surface area (Å²) in [4.78, 5) is 0. The summed E-state index contributed by atoms with van der Waals surface area (Å²) in [6.07, 6.45) is 9.44. The van der Waals surface area contributed by atoms with Crippen molar-refractivity contribution in [1.82, 2.24) is 0 Å². The average molecular weight is 507 g/mol. The topological polar surface area (TPSA) is 18.5 Å². The van der Waals surface area contributed by atoms with E-state index in [-0.39, 0.29) is 29.8 Å². The zero-order chi connectivity index (χ0) is 26.2. The van der Waals surface area contributed by atoms with Crippen LogP contribution in [-0.2, 0) is 4.74 Å². The van der Waals surface area contributed by atoms with Crippen LogP contribution in [0.1, 0.15) is 51.0 Å². The number of hydrogen-bond acceptors (Lipinski definition) is 2. The van der Waals surface area contributed by atoms with Crippen LogP contribution < -0.4 is 4.74 Å². The molecule has 4 rings (SSSR count). The molecule has 5 heteroatoms. The standard InChI is InChI=1S/C32H33F3O2/c1-3-5-19-36-26-14-11-22(12-15-26)25-13-16-27(29(33)21-25)23-7-9-24(10-8-23)28-17-18-30(32(35)31(28)34)37-20-6-4-2/h4,7-11,13,16-18,21,26H,2-3,5-6,12,14-15,19-20H2,1H3. The summed E-state index contributed by atoms with van der Waals surface area (Å²) in [5.74, 6) is -2.44. The van der Waals surface area contributed by atoms with Crippen molar-refractivity contribution in [3.8, 4) is 28.0 Å². The third kappa shape index (κ3) is 6.53. The fourth-order valence-corrected chi connectivity index (χ4v) is 4.51. The SMILES string of the molecule is C=CCCOc1ccc(-c2ccc(-c3ccc(C4=CCC(OCCCC)CC4)cc3F)cc2)c(F)c1F. The normalized spacial score (nSPS) is 15.4. The van der Waals surface area contributed by atoms with E-state index in [1.807, 2.05) is 6.07 Å². The van der Waals surface area contributed by atoms with Gasteiger partial charge < -0.3 is 9.47 Å². The third-order valence-electron chi connectivity index (χ3n) is 6.69. The van der Waals surface area contributed by atoms with Gasteiger partial charge >= 0.3 is 0 Å². The fourth-order valence-electron chi connectivity index (χ4n) is 4.51. The van der Waals surface area contributed by atoms with Gasteiger partial charge in [0.1, 0.15) is 5.82 Å². The predicted octanol–water partition coefficient (Wildman–Crippen LogP) is 9.15. The molecule has 37 heavy (non-hydrogen) atoms. The van der Waals surface area contributed by atoms with E-state index in [0.717, 1.165) is 49.8 Å². The Morgan fingerprint density at radius 3 is 2.24 bits per heavy atom. The largest absolute Gasteiger partial charge is 0.490 e. The molecule has 0 fully saturated rings. The van der Waals surface area contributed by atoms with Crippen molar-refractivity contribution in [2.24, 2.45) is 0 Å². The van der Waals surface area contributed by atoms with Gasteiger partial charge in [0, 0.05) is 17.7 Å². The number of ether oxygens (including phenoxy) is 2. The molecule has 3 aromatic rings. The molecule has 0 heterocycles. The molecule has 0 saturated carbocycles. The highest BCUT2D eigenvalue weighted by Gasteiger charge is 2.18. The van der Waals surface area contributed by atoms with Gasteiger partial charge in [0.15, 0.2) is 11.6 Å². The first-order valence-electron chi connectivity index (χ1n) is 12.9. The summed E-state index contributed by atoms with van der Waals surface area (Å²) in [6, 6.07) is 15.0. The summed E-state index contributed by atoms with van der Waals surface area (Å²) < 4.78 is 55.5. The summed E-state index contributed by atoms with van der Waals surface area (Å²) in [6.45, 7) is 6.75. The maximum Gasteiger partial charge on any atom is 0.201 e. The predicted molar refractivity (Wildman–Crippen MR) is 144 cm³/mol. The van der Waals surface area contributed by atoms with Crippen LogP contribution in [0.2, 0.25) is 0 Å². The van der Waals surface area contributed by atoms with Crippen molar-refractivity contribution in [2.75, 3.05) is 13.2 Å². The molecule has 1 aliphatic carbocycles. The monoisotopic (exact) mass is 506 g/mol. The molecule has 1 aliphatic rings. The Morgan fingerprint density at radius 1 is 0.892 bits per heavy atom. The maximum absolute atomic E-state index is 15.1. The van der Waals surface area contributed by atoms with Gasteiger partial charge in [0.05, 0.1) is 12.7 Å². The molecule has 0 N–H and O–H groups in total. The molecular formula is C32H33F3O2. The molecule has 0 bridgehead atoms. The summed E-state index contributed by atoms with van der Waals surface area (Å²) in [5.41, 5.74) is 3.78. The minimum atomic E-state index is -1.02. The summed E-state index contributed by atoms with van der Waals surface area (Å²) in [5, 5.41) is 0. The molecule has 1 unspecified atom stereocenters. The first-order valence-corrected chi connectivity index (χ1v) is 12.9. The zero-order valence-electron chi connectivity index (χ0n) is 21.2. The van der Waals surface area contributed by atoms with E-state index in [9.17, 15) is 8.78 Å². The van der Waals surface area contributed by atoms with Gasteiger partial charge in [0.2, 0.25) is 5.82 Å². The number of rotatable bonds is 11. The Balaban J connectivity index is 1.46. The van der Waals surface area contributed by atoms with Crippen molar-refractivity contribution in [2.45, 2.75) is 51.6 Å². The van der Waals surface area contributed by atoms with E-state index >= 15 is 4.39 Å². The van der Waals surface area contributed by atoms with Gasteiger partial charge in [-0.2, -0.15) is 4.39 Å². The number of benzene rings is 3. The van der Waals surface area contributed by atoms with Crippen molar-refractivity contribution in [1.29, 1.82) is 0 Å². The van der Waals surface area contributed by atoms with Crippen LogP contribution in [0.25, 0.3) is 27.8 Å². The Kier molecular flexibility index (Phi) is 9.24. The van der Waals surface area contributed by atoms with Crippen LogP contribution in [0.3, 0.4) is 0 Å². The molecule has 0 radical (unpaired) electrons. The van der Waals surface area contributed by atoms with Gasteiger partial charge in [0.25, 0.3) is 0 Å². The zero-order valence-corrected chi connectivity index (χ0v) is 21.2. The lowest BCUT2D eigenvalue weighted by Crippen LogP contribution is -2.16. The number of unbranched alkanes of at least 4 members (excludes halogenated alkanes) is 1. The lowest BCUT2D eigenvalue weighted by Gasteiger charge is -2.22. The molecule has 2 nitrogen and oxygen atoms in total. The van der Waals surface area contributed by atoms with Crippen LogP contribution in [0.5, 0.6) is 5.75 Å². The summed E-state index contributed by atoms with van der Waals surface area (Å²) >= 11 is 0. The molecule has 0 amide bonds. The molecule has 1 atom stereocenters. The van der Waals surface area contributed by atoms with Gasteiger partial charge in [-0.15, -0.1) is 6.58 Å². The van der Waals surface area contributed by atoms with E-state index in [0.29, 0.717) is 23.1 Å². The third-order valence-corrected chi connectivity index (χ3v) is 6.69. The number of allylic oxidation sites excluding steroid dienone is 1. The van der Waals surface area contributed by atoms with Crippen molar-refractivity contribution in [3.63, 3.8) is 0 Å². The van der Waals surface area contributed by atoms with Crippen molar-refractivity contribution >= 4 is 5.57 Å². The first kappa shape index (κ1) is 26.7. The molecule has 3 aromatic carbocycles. The van der Waals surface area contributed by atoms with E-state index in [1.54, 1.807) is 42.5 Å². The molecule has 0 spiro atoms. The van der Waals surface area contributed by atoms with Gasteiger partial charge in [-0.25, -0.2) is 8.78 Å². The molecular weight excluding hydrogens is 473 g/mol. The van der Waals surface area contributed by atoms with Crippen LogP contribution in [-0.4, -0.2) is 19.3 Å². The van der Waals surface area contributed by atoms with E-state index in [4.69, 9.17) is 9.47 Å². The van der Waals surface area contributed by atoms with Crippen LogP contribution in [0.4, 0.5) is 13.2 Å². The van der Waals surface area contributed by atoms with Gasteiger partial charge in [-0.1, -0.05) is 61.9 Å². The highest BCUT2D eigenvalue weighted by molar-refractivity contribution is 5.74. The van der Waals surface area contributed by atoms with Crippen LogP contribution >= 0.6 is 0 Å². The minimum Gasteiger partial charge on any atom is -0.490 e. The van der Waals surface area contributed by atoms with Crippen LogP contribution in [0.15, 0.2) is 73.3 Å². The Labute approximate surface area is 217 Å². The highest BCUT2D eigenvalue weighted by Crippen LogP contribution is 2.34. The average Bonchev–Trinajstić information content (AvgIpc) is 2.92. The Morgan fingerprint density at radius 2 is 1.59 bits per heavy atom. The maximum atomic E-state index is 15.1. The molecule has 194 valence electrons. The smallest absolute Gasteiger partial charge is 0.201 e. The fraction of sp³-hybridized carbons (Fsp3) is 0.312. The van der Waals surface area contributed by atoms with E-state index in [1.165, 1.54) is 12.1 Å². The first-order chi connectivity index (χ1) is 18.0.